The molecule has 0 unspecified atom stereocenters. The van der Waals surface area contributed by atoms with E-state index < -0.39 is 5.56 Å². The van der Waals surface area contributed by atoms with Crippen molar-refractivity contribution in [3.63, 3.8) is 0 Å². The van der Waals surface area contributed by atoms with Gasteiger partial charge in [-0.1, -0.05) is 29.4 Å². The molecule has 0 bridgehead atoms. The van der Waals surface area contributed by atoms with Crippen LogP contribution in [0.5, 0.6) is 5.75 Å². The number of piperazine rings is 1. The number of aromatic nitrogens is 3. The maximum Gasteiger partial charge on any atom is 0.301 e. The van der Waals surface area contributed by atoms with Crippen LogP contribution in [0.2, 0.25) is 0 Å². The Morgan fingerprint density at radius 1 is 1.05 bits per heavy atom. The summed E-state index contributed by atoms with van der Waals surface area (Å²) in [4.78, 5) is 29.4. The fourth-order valence-electron chi connectivity index (χ4n) is 4.84. The average Bonchev–Trinajstić information content (AvgIpc) is 3.66. The molecule has 4 aromatic rings. The van der Waals surface area contributed by atoms with Crippen molar-refractivity contribution in [3.8, 4) is 16.5 Å². The predicted molar refractivity (Wildman–Crippen MR) is 152 cm³/mol. The van der Waals surface area contributed by atoms with E-state index in [9.17, 15) is 14.3 Å². The van der Waals surface area contributed by atoms with Gasteiger partial charge in [-0.15, -0.1) is 11.3 Å². The van der Waals surface area contributed by atoms with E-state index in [1.54, 1.807) is 30.4 Å². The fourth-order valence-corrected chi connectivity index (χ4v) is 7.78. The van der Waals surface area contributed by atoms with Gasteiger partial charge in [0.1, 0.15) is 16.5 Å². The molecular weight excluding hydrogens is 544 g/mol. The highest BCUT2D eigenvalue weighted by molar-refractivity contribution is 7.97. The van der Waals surface area contributed by atoms with Crippen LogP contribution in [-0.2, 0) is 19.5 Å². The van der Waals surface area contributed by atoms with E-state index in [0.29, 0.717) is 22.9 Å². The lowest BCUT2D eigenvalue weighted by Crippen LogP contribution is -2.43. The van der Waals surface area contributed by atoms with Crippen LogP contribution in [0.15, 0.2) is 35.4 Å². The van der Waals surface area contributed by atoms with E-state index in [-0.39, 0.29) is 17.3 Å². The second kappa shape index (κ2) is 11.0. The van der Waals surface area contributed by atoms with Crippen molar-refractivity contribution in [2.24, 2.45) is 0 Å². The van der Waals surface area contributed by atoms with Crippen LogP contribution >= 0.6 is 34.6 Å². The summed E-state index contributed by atoms with van der Waals surface area (Å²) in [5.74, 6) is 0.482. The van der Waals surface area contributed by atoms with Gasteiger partial charge in [-0.05, 0) is 36.7 Å². The molecule has 200 valence electrons. The topological polar surface area (TPSA) is 77.2 Å². The number of fused-ring (bicyclic) bond motifs is 1. The van der Waals surface area contributed by atoms with E-state index in [0.717, 1.165) is 72.3 Å². The SMILES string of the molecule is CN1CCN(Cc2cn3c(=O)c(O)c(-c4ncc(Cc5ccc(F)cc5CN5CCCS5)s4)nc3s2)CC1. The van der Waals surface area contributed by atoms with Gasteiger partial charge in [0.25, 0.3) is 0 Å². The monoisotopic (exact) mass is 572 g/mol. The van der Waals surface area contributed by atoms with Crippen LogP contribution in [0, 0.1) is 5.82 Å². The van der Waals surface area contributed by atoms with E-state index >= 15 is 0 Å². The number of thiazole rings is 2. The molecule has 12 heteroatoms. The summed E-state index contributed by atoms with van der Waals surface area (Å²) in [6, 6.07) is 4.96. The third kappa shape index (κ3) is 5.51. The second-order valence-corrected chi connectivity index (χ2v) is 13.2. The Kier molecular flexibility index (Phi) is 7.52. The first-order valence-corrected chi connectivity index (χ1v) is 15.3. The standard InChI is InChI=1S/C26H29FN6O2S3/c1-30-6-8-31(9-7-30)15-21-16-33-25(35)23(34)22(29-26(33)38-21)24-28-13-20(37-24)12-17-3-4-19(27)11-18(17)14-32-5-2-10-36-32/h3-4,11,13,16,34H,2,5-10,12,14-15H2,1H3. The molecule has 2 aliphatic rings. The number of likely N-dealkylation sites (N-methyl/N-ethyl adjacent to an activating group) is 1. The molecule has 0 radical (unpaired) electrons. The molecule has 38 heavy (non-hydrogen) atoms. The van der Waals surface area contributed by atoms with Gasteiger partial charge in [-0.25, -0.2) is 18.7 Å². The highest BCUT2D eigenvalue weighted by atomic mass is 32.2. The van der Waals surface area contributed by atoms with Crippen LogP contribution in [-0.4, -0.2) is 79.1 Å². The lowest BCUT2D eigenvalue weighted by molar-refractivity contribution is 0.149. The van der Waals surface area contributed by atoms with Crippen molar-refractivity contribution in [1.29, 1.82) is 0 Å². The quantitative estimate of drug-likeness (QED) is 0.334. The molecule has 8 nitrogen and oxygen atoms in total. The molecule has 0 saturated carbocycles. The van der Waals surface area contributed by atoms with E-state index in [1.807, 2.05) is 6.07 Å². The van der Waals surface area contributed by atoms with Crippen molar-refractivity contribution < 1.29 is 9.50 Å². The number of benzene rings is 1. The van der Waals surface area contributed by atoms with Gasteiger partial charge < -0.3 is 10.0 Å². The number of halogens is 1. The summed E-state index contributed by atoms with van der Waals surface area (Å²) in [5, 5.41) is 11.3. The van der Waals surface area contributed by atoms with Gasteiger partial charge in [0.2, 0.25) is 5.75 Å². The number of hydrogen-bond donors (Lipinski definition) is 1. The third-order valence-electron chi connectivity index (χ3n) is 6.99. The molecule has 1 N–H and O–H groups in total. The molecule has 0 spiro atoms. The van der Waals surface area contributed by atoms with Crippen molar-refractivity contribution >= 4 is 39.6 Å². The number of rotatable bonds is 7. The Hall–Kier alpha value is -2.35. The molecule has 0 aliphatic carbocycles. The lowest BCUT2D eigenvalue weighted by atomic mass is 10.0. The van der Waals surface area contributed by atoms with Crippen molar-refractivity contribution in [1.82, 2.24) is 28.5 Å². The summed E-state index contributed by atoms with van der Waals surface area (Å²) >= 11 is 4.68. The second-order valence-electron chi connectivity index (χ2n) is 9.82. The zero-order valence-electron chi connectivity index (χ0n) is 21.1. The first-order valence-electron chi connectivity index (χ1n) is 12.7. The Bertz CT molecular complexity index is 1500. The maximum atomic E-state index is 14.0. The molecule has 5 heterocycles. The summed E-state index contributed by atoms with van der Waals surface area (Å²) in [7, 11) is 2.13. The zero-order valence-corrected chi connectivity index (χ0v) is 23.5. The largest absolute Gasteiger partial charge is 0.501 e. The first-order chi connectivity index (χ1) is 18.4. The van der Waals surface area contributed by atoms with Crippen molar-refractivity contribution in [3.05, 3.63) is 67.6 Å². The minimum absolute atomic E-state index is 0.215. The van der Waals surface area contributed by atoms with Gasteiger partial charge >= 0.3 is 5.56 Å². The minimum atomic E-state index is -0.480. The molecule has 3 aromatic heterocycles. The third-order valence-corrected chi connectivity index (χ3v) is 10.1. The number of aromatic hydroxyl groups is 1. The van der Waals surface area contributed by atoms with Crippen LogP contribution in [0.1, 0.15) is 27.3 Å². The normalized spacial score (nSPS) is 17.6. The maximum absolute atomic E-state index is 14.0. The Morgan fingerprint density at radius 2 is 1.89 bits per heavy atom. The van der Waals surface area contributed by atoms with Gasteiger partial charge in [0, 0.05) is 80.1 Å². The van der Waals surface area contributed by atoms with Crippen LogP contribution in [0.4, 0.5) is 4.39 Å². The zero-order chi connectivity index (χ0) is 26.2. The summed E-state index contributed by atoms with van der Waals surface area (Å²) in [6.45, 7) is 6.49. The molecule has 1 aromatic carbocycles. The van der Waals surface area contributed by atoms with E-state index in [2.05, 4.69) is 31.1 Å². The Labute approximate surface area is 232 Å². The molecule has 2 aliphatic heterocycles. The van der Waals surface area contributed by atoms with Crippen molar-refractivity contribution in [2.75, 3.05) is 45.5 Å². The molecule has 6 rings (SSSR count). The van der Waals surface area contributed by atoms with E-state index in [4.69, 9.17) is 0 Å². The van der Waals surface area contributed by atoms with Gasteiger partial charge in [0.15, 0.2) is 4.96 Å². The Morgan fingerprint density at radius 3 is 2.68 bits per heavy atom. The Balaban J connectivity index is 1.24. The summed E-state index contributed by atoms with van der Waals surface area (Å²) in [6.07, 6.45) is 5.30. The summed E-state index contributed by atoms with van der Waals surface area (Å²) < 4.78 is 17.8. The van der Waals surface area contributed by atoms with Gasteiger partial charge in [0.05, 0.1) is 0 Å². The van der Waals surface area contributed by atoms with Crippen LogP contribution in [0.3, 0.4) is 0 Å². The predicted octanol–water partition coefficient (Wildman–Crippen LogP) is 3.92. The molecule has 2 fully saturated rings. The highest BCUT2D eigenvalue weighted by Gasteiger charge is 2.21. The van der Waals surface area contributed by atoms with E-state index in [1.165, 1.54) is 33.1 Å². The van der Waals surface area contributed by atoms with Gasteiger partial charge in [-0.2, -0.15) is 0 Å². The molecular formula is C26H29FN6O2S3. The van der Waals surface area contributed by atoms with Crippen LogP contribution < -0.4 is 5.56 Å². The smallest absolute Gasteiger partial charge is 0.301 e. The van der Waals surface area contributed by atoms with Crippen LogP contribution in [0.25, 0.3) is 15.7 Å². The summed E-state index contributed by atoms with van der Waals surface area (Å²) in [5.41, 5.74) is 1.76. The number of nitrogens with zero attached hydrogens (tertiary/aromatic N) is 6. The molecule has 0 atom stereocenters. The highest BCUT2D eigenvalue weighted by Crippen LogP contribution is 2.32. The van der Waals surface area contributed by atoms with Crippen molar-refractivity contribution in [2.45, 2.75) is 25.9 Å². The lowest BCUT2D eigenvalue weighted by Gasteiger charge is -2.31. The first kappa shape index (κ1) is 25.9. The minimum Gasteiger partial charge on any atom is -0.501 e. The molecule has 2 saturated heterocycles. The number of hydrogen-bond acceptors (Lipinski definition) is 10. The fraction of sp³-hybridized carbons (Fsp3) is 0.423. The molecule has 0 amide bonds. The van der Waals surface area contributed by atoms with Gasteiger partial charge in [-0.3, -0.25) is 14.1 Å². The average molecular weight is 573 g/mol.